The normalized spacial score (nSPS) is 11.5. The molecule has 2 aromatic carbocycles. The lowest BCUT2D eigenvalue weighted by molar-refractivity contribution is 0.101. The molecule has 0 fully saturated rings. The molecule has 6 heteroatoms. The molecule has 0 atom stereocenters. The van der Waals surface area contributed by atoms with Crippen LogP contribution in [0.3, 0.4) is 0 Å². The third kappa shape index (κ3) is 5.14. The van der Waals surface area contributed by atoms with Crippen molar-refractivity contribution in [3.05, 3.63) is 59.7 Å². The summed E-state index contributed by atoms with van der Waals surface area (Å²) in [6, 6.07) is 13.7. The van der Waals surface area contributed by atoms with Gasteiger partial charge in [-0.25, -0.2) is 13.1 Å². The first-order valence-electron chi connectivity index (χ1n) is 8.13. The Morgan fingerprint density at radius 3 is 2.52 bits per heavy atom. The van der Waals surface area contributed by atoms with Crippen molar-refractivity contribution in [2.75, 3.05) is 13.2 Å². The molecule has 0 saturated carbocycles. The molecule has 0 saturated heterocycles. The Morgan fingerprint density at radius 2 is 1.84 bits per heavy atom. The zero-order chi connectivity index (χ0) is 18.4. The lowest BCUT2D eigenvalue weighted by Crippen LogP contribution is -2.28. The number of hydrogen-bond donors (Lipinski definition) is 1. The number of ether oxygens (including phenoxy) is 1. The molecular formula is C19H23NO4S. The molecule has 0 bridgehead atoms. The molecule has 1 N–H and O–H groups in total. The fourth-order valence-corrected chi connectivity index (χ4v) is 3.45. The number of rotatable bonds is 8. The second-order valence-electron chi connectivity index (χ2n) is 6.02. The fraction of sp³-hybridized carbons (Fsp3) is 0.316. The molecule has 0 aromatic heterocycles. The lowest BCUT2D eigenvalue weighted by atomic mass is 10.0. The van der Waals surface area contributed by atoms with Crippen molar-refractivity contribution < 1.29 is 17.9 Å². The van der Waals surface area contributed by atoms with Crippen molar-refractivity contribution in [2.24, 2.45) is 0 Å². The summed E-state index contributed by atoms with van der Waals surface area (Å²) < 4.78 is 32.8. The largest absolute Gasteiger partial charge is 0.492 e. The first kappa shape index (κ1) is 19.1. The Morgan fingerprint density at radius 1 is 1.12 bits per heavy atom. The zero-order valence-corrected chi connectivity index (χ0v) is 15.5. The van der Waals surface area contributed by atoms with Crippen LogP contribution in [0.4, 0.5) is 0 Å². The average molecular weight is 361 g/mol. The first-order valence-corrected chi connectivity index (χ1v) is 9.62. The van der Waals surface area contributed by atoms with E-state index in [1.54, 1.807) is 12.1 Å². The molecule has 0 aliphatic carbocycles. The summed E-state index contributed by atoms with van der Waals surface area (Å²) in [5.74, 6) is 0.906. The summed E-state index contributed by atoms with van der Waals surface area (Å²) in [6.07, 6.45) is 0. The van der Waals surface area contributed by atoms with Crippen LogP contribution in [-0.4, -0.2) is 27.4 Å². The third-order valence-corrected chi connectivity index (χ3v) is 5.20. The molecule has 0 aliphatic rings. The topological polar surface area (TPSA) is 72.5 Å². The maximum atomic E-state index is 12.3. The molecule has 0 aliphatic heterocycles. The van der Waals surface area contributed by atoms with Gasteiger partial charge in [-0.05, 0) is 36.6 Å². The predicted octanol–water partition coefficient (Wildman–Crippen LogP) is 3.37. The Bertz CT molecular complexity index is 844. The molecule has 0 unspecified atom stereocenters. The smallest absolute Gasteiger partial charge is 0.240 e. The van der Waals surface area contributed by atoms with Gasteiger partial charge in [0.1, 0.15) is 12.4 Å². The number of ketones is 1. The van der Waals surface area contributed by atoms with E-state index in [4.69, 9.17) is 4.74 Å². The van der Waals surface area contributed by atoms with Crippen molar-refractivity contribution in [2.45, 2.75) is 31.6 Å². The van der Waals surface area contributed by atoms with Crippen molar-refractivity contribution in [1.82, 2.24) is 4.72 Å². The molecule has 0 radical (unpaired) electrons. The highest BCUT2D eigenvalue weighted by Gasteiger charge is 2.15. The summed E-state index contributed by atoms with van der Waals surface area (Å²) in [5, 5.41) is 0. The van der Waals surface area contributed by atoms with Gasteiger partial charge in [0.25, 0.3) is 0 Å². The van der Waals surface area contributed by atoms with Crippen LogP contribution in [0.1, 0.15) is 42.6 Å². The standard InChI is InChI=1S/C19H23NO4S/c1-14(2)18-9-4-5-10-19(18)24-12-11-20-25(22,23)17-8-6-7-16(13-17)15(3)21/h4-10,13-14,20H,11-12H2,1-3H3. The van der Waals surface area contributed by atoms with E-state index in [1.807, 2.05) is 24.3 Å². The number of para-hydroxylation sites is 1. The van der Waals surface area contributed by atoms with Crippen LogP contribution in [0, 0.1) is 0 Å². The van der Waals surface area contributed by atoms with Gasteiger partial charge >= 0.3 is 0 Å². The third-order valence-electron chi connectivity index (χ3n) is 3.74. The van der Waals surface area contributed by atoms with Crippen molar-refractivity contribution in [3.8, 4) is 5.75 Å². The maximum absolute atomic E-state index is 12.3. The minimum Gasteiger partial charge on any atom is -0.492 e. The number of Topliss-reactive ketones (excluding diaryl/α,β-unsaturated/α-hetero) is 1. The monoisotopic (exact) mass is 361 g/mol. The second kappa shape index (κ2) is 8.27. The lowest BCUT2D eigenvalue weighted by Gasteiger charge is -2.14. The van der Waals surface area contributed by atoms with Crippen molar-refractivity contribution >= 4 is 15.8 Å². The summed E-state index contributed by atoms with van der Waals surface area (Å²) in [5.41, 5.74) is 1.45. The Kier molecular flexibility index (Phi) is 6.33. The van der Waals surface area contributed by atoms with Crippen LogP contribution < -0.4 is 9.46 Å². The summed E-state index contributed by atoms with van der Waals surface area (Å²) in [6.45, 7) is 5.91. The van der Waals surface area contributed by atoms with Gasteiger partial charge in [0.2, 0.25) is 10.0 Å². The highest BCUT2D eigenvalue weighted by atomic mass is 32.2. The fourth-order valence-electron chi connectivity index (χ4n) is 2.39. The van der Waals surface area contributed by atoms with E-state index in [0.29, 0.717) is 11.5 Å². The van der Waals surface area contributed by atoms with E-state index in [-0.39, 0.29) is 23.8 Å². The number of nitrogens with one attached hydrogen (secondary N) is 1. The average Bonchev–Trinajstić information content (AvgIpc) is 2.59. The van der Waals surface area contributed by atoms with E-state index < -0.39 is 10.0 Å². The van der Waals surface area contributed by atoms with E-state index >= 15 is 0 Å². The Labute approximate surface area is 149 Å². The molecule has 2 aromatic rings. The van der Waals surface area contributed by atoms with Gasteiger partial charge in [-0.15, -0.1) is 0 Å². The van der Waals surface area contributed by atoms with E-state index in [9.17, 15) is 13.2 Å². The van der Waals surface area contributed by atoms with E-state index in [1.165, 1.54) is 19.1 Å². The van der Waals surface area contributed by atoms with E-state index in [2.05, 4.69) is 18.6 Å². The van der Waals surface area contributed by atoms with Crippen LogP contribution in [-0.2, 0) is 10.0 Å². The van der Waals surface area contributed by atoms with Crippen molar-refractivity contribution in [1.29, 1.82) is 0 Å². The molecule has 0 spiro atoms. The predicted molar refractivity (Wildman–Crippen MR) is 97.7 cm³/mol. The molecular weight excluding hydrogens is 338 g/mol. The highest BCUT2D eigenvalue weighted by molar-refractivity contribution is 7.89. The number of sulfonamides is 1. The molecule has 2 rings (SSSR count). The quantitative estimate of drug-likeness (QED) is 0.578. The second-order valence-corrected chi connectivity index (χ2v) is 7.79. The molecule has 134 valence electrons. The summed E-state index contributed by atoms with van der Waals surface area (Å²) >= 11 is 0. The minimum absolute atomic E-state index is 0.0720. The van der Waals surface area contributed by atoms with Crippen molar-refractivity contribution in [3.63, 3.8) is 0 Å². The SMILES string of the molecule is CC(=O)c1cccc(S(=O)(=O)NCCOc2ccccc2C(C)C)c1. The minimum atomic E-state index is -3.68. The summed E-state index contributed by atoms with van der Waals surface area (Å²) in [7, 11) is -3.68. The van der Waals surface area contributed by atoms with Gasteiger partial charge < -0.3 is 4.74 Å². The molecule has 25 heavy (non-hydrogen) atoms. The number of carbonyl (C=O) groups excluding carboxylic acids is 1. The van der Waals surface area contributed by atoms with Gasteiger partial charge in [0.05, 0.1) is 4.90 Å². The number of hydrogen-bond acceptors (Lipinski definition) is 4. The molecule has 5 nitrogen and oxygen atoms in total. The van der Waals surface area contributed by atoms with Crippen LogP contribution in [0.2, 0.25) is 0 Å². The summed E-state index contributed by atoms with van der Waals surface area (Å²) in [4.78, 5) is 11.5. The van der Waals surface area contributed by atoms with Gasteiger partial charge in [-0.1, -0.05) is 44.2 Å². The van der Waals surface area contributed by atoms with Crippen LogP contribution in [0.15, 0.2) is 53.4 Å². The maximum Gasteiger partial charge on any atom is 0.240 e. The first-order chi connectivity index (χ1) is 11.8. The number of carbonyl (C=O) groups is 1. The molecule has 0 amide bonds. The molecule has 0 heterocycles. The Hall–Kier alpha value is -2.18. The van der Waals surface area contributed by atoms with Gasteiger partial charge in [0, 0.05) is 12.1 Å². The zero-order valence-electron chi connectivity index (χ0n) is 14.7. The van der Waals surface area contributed by atoms with Crippen LogP contribution in [0.25, 0.3) is 0 Å². The van der Waals surface area contributed by atoms with Gasteiger partial charge in [-0.3, -0.25) is 4.79 Å². The van der Waals surface area contributed by atoms with Crippen LogP contribution in [0.5, 0.6) is 5.75 Å². The van der Waals surface area contributed by atoms with Crippen LogP contribution >= 0.6 is 0 Å². The number of benzene rings is 2. The van der Waals surface area contributed by atoms with E-state index in [0.717, 1.165) is 11.3 Å². The van der Waals surface area contributed by atoms with Gasteiger partial charge in [-0.2, -0.15) is 0 Å². The van der Waals surface area contributed by atoms with Gasteiger partial charge in [0.15, 0.2) is 5.78 Å². The Balaban J connectivity index is 1.97. The highest BCUT2D eigenvalue weighted by Crippen LogP contribution is 2.25.